The molecule has 1 N–H and O–H groups in total. The predicted octanol–water partition coefficient (Wildman–Crippen LogP) is 2.66. The third-order valence-corrected chi connectivity index (χ3v) is 3.73. The van der Waals surface area contributed by atoms with E-state index < -0.39 is 0 Å². The molecule has 0 heterocycles. The summed E-state index contributed by atoms with van der Waals surface area (Å²) in [6, 6.07) is 0.554. The minimum atomic E-state index is -0.0809. The van der Waals surface area contributed by atoms with Crippen molar-refractivity contribution in [2.24, 2.45) is 5.92 Å². The highest BCUT2D eigenvalue weighted by atomic mass is 16.3. The maximum Gasteiger partial charge on any atom is 0.0555 e. The molecule has 2 nitrogen and oxygen atoms in total. The second-order valence-corrected chi connectivity index (χ2v) is 5.97. The van der Waals surface area contributed by atoms with Crippen LogP contribution < -0.4 is 0 Å². The van der Waals surface area contributed by atoms with E-state index in [1.54, 1.807) is 0 Å². The average molecular weight is 213 g/mol. The quantitative estimate of drug-likeness (QED) is 0.762. The van der Waals surface area contributed by atoms with Gasteiger partial charge in [-0.25, -0.2) is 0 Å². The molecule has 1 rings (SSSR count). The summed E-state index contributed by atoms with van der Waals surface area (Å²) in [6.07, 6.45) is 3.02. The molecule has 15 heavy (non-hydrogen) atoms. The van der Waals surface area contributed by atoms with Crippen LogP contribution in [0.2, 0.25) is 0 Å². The number of hydrogen-bond acceptors (Lipinski definition) is 2. The molecule has 1 aliphatic rings. The van der Waals surface area contributed by atoms with E-state index in [1.807, 2.05) is 0 Å². The minimum absolute atomic E-state index is 0.0809. The highest BCUT2D eigenvalue weighted by molar-refractivity contribution is 4.89. The van der Waals surface area contributed by atoms with Gasteiger partial charge in [-0.3, -0.25) is 4.90 Å². The Labute approximate surface area is 94.7 Å². The highest BCUT2D eigenvalue weighted by Crippen LogP contribution is 2.32. The summed E-state index contributed by atoms with van der Waals surface area (Å²) in [6.45, 7) is 12.4. The van der Waals surface area contributed by atoms with Crippen molar-refractivity contribution in [3.63, 3.8) is 0 Å². The summed E-state index contributed by atoms with van der Waals surface area (Å²) < 4.78 is 0. The SMILES string of the molecule is CCN(C1CC(O)CCC1C)C(C)(C)C. The minimum Gasteiger partial charge on any atom is -0.393 e. The zero-order chi connectivity index (χ0) is 11.6. The van der Waals surface area contributed by atoms with E-state index >= 15 is 0 Å². The van der Waals surface area contributed by atoms with E-state index in [0.29, 0.717) is 12.0 Å². The van der Waals surface area contributed by atoms with Crippen molar-refractivity contribution in [1.82, 2.24) is 4.90 Å². The van der Waals surface area contributed by atoms with Crippen LogP contribution in [0, 0.1) is 5.92 Å². The molecule has 2 heteroatoms. The van der Waals surface area contributed by atoms with Crippen molar-refractivity contribution in [2.45, 2.75) is 71.6 Å². The molecule has 1 fully saturated rings. The normalized spacial score (nSPS) is 33.4. The summed E-state index contributed by atoms with van der Waals surface area (Å²) >= 11 is 0. The largest absolute Gasteiger partial charge is 0.393 e. The second kappa shape index (κ2) is 4.84. The van der Waals surface area contributed by atoms with Crippen LogP contribution in [0.1, 0.15) is 53.9 Å². The topological polar surface area (TPSA) is 23.5 Å². The maximum atomic E-state index is 9.78. The van der Waals surface area contributed by atoms with Crippen LogP contribution in [-0.2, 0) is 0 Å². The van der Waals surface area contributed by atoms with E-state index in [1.165, 1.54) is 6.42 Å². The molecule has 1 saturated carbocycles. The number of nitrogens with zero attached hydrogens (tertiary/aromatic N) is 1. The Morgan fingerprint density at radius 3 is 2.33 bits per heavy atom. The van der Waals surface area contributed by atoms with Crippen LogP contribution in [0.3, 0.4) is 0 Å². The first-order valence-corrected chi connectivity index (χ1v) is 6.31. The molecular weight excluding hydrogens is 186 g/mol. The lowest BCUT2D eigenvalue weighted by Gasteiger charge is -2.46. The number of aliphatic hydroxyl groups excluding tert-OH is 1. The van der Waals surface area contributed by atoms with E-state index in [-0.39, 0.29) is 11.6 Å². The Kier molecular flexibility index (Phi) is 4.19. The zero-order valence-electron chi connectivity index (χ0n) is 11.0. The van der Waals surface area contributed by atoms with E-state index in [2.05, 4.69) is 39.5 Å². The van der Waals surface area contributed by atoms with Crippen LogP contribution in [0.5, 0.6) is 0 Å². The number of aliphatic hydroxyl groups is 1. The lowest BCUT2D eigenvalue weighted by atomic mass is 9.81. The first kappa shape index (κ1) is 13.0. The lowest BCUT2D eigenvalue weighted by molar-refractivity contribution is -0.00688. The number of rotatable bonds is 2. The van der Waals surface area contributed by atoms with Gasteiger partial charge in [0.15, 0.2) is 0 Å². The average Bonchev–Trinajstić information content (AvgIpc) is 2.10. The van der Waals surface area contributed by atoms with Gasteiger partial charge in [-0.15, -0.1) is 0 Å². The smallest absolute Gasteiger partial charge is 0.0555 e. The molecule has 0 aromatic carbocycles. The van der Waals surface area contributed by atoms with Crippen LogP contribution in [0.4, 0.5) is 0 Å². The third kappa shape index (κ3) is 3.18. The molecule has 90 valence electrons. The Balaban J connectivity index is 2.73. The summed E-state index contributed by atoms with van der Waals surface area (Å²) in [5.41, 5.74) is 0.213. The molecule has 3 atom stereocenters. The molecule has 0 bridgehead atoms. The second-order valence-electron chi connectivity index (χ2n) is 5.97. The van der Waals surface area contributed by atoms with Crippen molar-refractivity contribution >= 4 is 0 Å². The third-order valence-electron chi connectivity index (χ3n) is 3.73. The van der Waals surface area contributed by atoms with E-state index in [9.17, 15) is 5.11 Å². The molecule has 0 aromatic heterocycles. The van der Waals surface area contributed by atoms with Gasteiger partial charge in [-0.05, 0) is 52.5 Å². The molecule has 3 unspecified atom stereocenters. The molecular formula is C13H27NO. The molecule has 0 aromatic rings. The Bertz CT molecular complexity index is 197. The van der Waals surface area contributed by atoms with Gasteiger partial charge in [0.25, 0.3) is 0 Å². The Hall–Kier alpha value is -0.0800. The van der Waals surface area contributed by atoms with Gasteiger partial charge in [0, 0.05) is 11.6 Å². The first-order chi connectivity index (χ1) is 6.86. The van der Waals surface area contributed by atoms with Gasteiger partial charge in [0.1, 0.15) is 0 Å². The fraction of sp³-hybridized carbons (Fsp3) is 1.00. The van der Waals surface area contributed by atoms with Crippen molar-refractivity contribution in [3.8, 4) is 0 Å². The molecule has 0 saturated heterocycles. The fourth-order valence-corrected chi connectivity index (χ4v) is 2.92. The molecule has 0 amide bonds. The van der Waals surface area contributed by atoms with Gasteiger partial charge in [0.05, 0.1) is 6.10 Å². The Morgan fingerprint density at radius 1 is 1.27 bits per heavy atom. The lowest BCUT2D eigenvalue weighted by Crippen LogP contribution is -2.53. The molecule has 0 spiro atoms. The van der Waals surface area contributed by atoms with Crippen LogP contribution >= 0.6 is 0 Å². The van der Waals surface area contributed by atoms with Gasteiger partial charge in [0.2, 0.25) is 0 Å². The monoisotopic (exact) mass is 213 g/mol. The summed E-state index contributed by atoms with van der Waals surface area (Å²) in [7, 11) is 0. The predicted molar refractivity (Wildman–Crippen MR) is 64.9 cm³/mol. The van der Waals surface area contributed by atoms with Gasteiger partial charge in [-0.2, -0.15) is 0 Å². The van der Waals surface area contributed by atoms with Crippen molar-refractivity contribution in [2.75, 3.05) is 6.54 Å². The van der Waals surface area contributed by atoms with Crippen molar-refractivity contribution in [3.05, 3.63) is 0 Å². The first-order valence-electron chi connectivity index (χ1n) is 6.31. The fourth-order valence-electron chi connectivity index (χ4n) is 2.92. The van der Waals surface area contributed by atoms with Crippen molar-refractivity contribution in [1.29, 1.82) is 0 Å². The van der Waals surface area contributed by atoms with Gasteiger partial charge < -0.3 is 5.11 Å². The van der Waals surface area contributed by atoms with E-state index in [0.717, 1.165) is 19.4 Å². The van der Waals surface area contributed by atoms with Crippen LogP contribution in [0.15, 0.2) is 0 Å². The van der Waals surface area contributed by atoms with Gasteiger partial charge in [-0.1, -0.05) is 13.8 Å². The summed E-state index contributed by atoms with van der Waals surface area (Å²) in [4.78, 5) is 2.54. The van der Waals surface area contributed by atoms with Crippen molar-refractivity contribution < 1.29 is 5.11 Å². The maximum absolute atomic E-state index is 9.78. The molecule has 0 aliphatic heterocycles. The van der Waals surface area contributed by atoms with Gasteiger partial charge >= 0.3 is 0 Å². The highest BCUT2D eigenvalue weighted by Gasteiger charge is 2.35. The Morgan fingerprint density at radius 2 is 1.87 bits per heavy atom. The molecule has 0 radical (unpaired) electrons. The standard InChI is InChI=1S/C13H27NO/c1-6-14(13(3,4)5)12-9-11(15)8-7-10(12)2/h10-12,15H,6-9H2,1-5H3. The zero-order valence-corrected chi connectivity index (χ0v) is 11.0. The summed E-state index contributed by atoms with van der Waals surface area (Å²) in [5.74, 6) is 0.715. The molecule has 1 aliphatic carbocycles. The van der Waals surface area contributed by atoms with Crippen LogP contribution in [0.25, 0.3) is 0 Å². The summed E-state index contributed by atoms with van der Waals surface area (Å²) in [5, 5.41) is 9.78. The van der Waals surface area contributed by atoms with E-state index in [4.69, 9.17) is 0 Å². The number of hydrogen-bond donors (Lipinski definition) is 1. The van der Waals surface area contributed by atoms with Crippen LogP contribution in [-0.4, -0.2) is 34.2 Å².